The lowest BCUT2D eigenvalue weighted by Gasteiger charge is -2.15. The Labute approximate surface area is 163 Å². The van der Waals surface area contributed by atoms with Crippen LogP contribution < -0.4 is 9.47 Å². The second-order valence-electron chi connectivity index (χ2n) is 6.03. The molecule has 1 aromatic heterocycles. The van der Waals surface area contributed by atoms with Gasteiger partial charge in [0.05, 0.1) is 13.7 Å². The number of rotatable bonds is 8. The zero-order valence-corrected chi connectivity index (χ0v) is 15.8. The van der Waals surface area contributed by atoms with Gasteiger partial charge in [-0.2, -0.15) is 4.98 Å². The van der Waals surface area contributed by atoms with Crippen molar-refractivity contribution in [2.75, 3.05) is 20.8 Å². The summed E-state index contributed by atoms with van der Waals surface area (Å²) in [6.07, 6.45) is 1.66. The molecule has 0 fully saturated rings. The van der Waals surface area contributed by atoms with Crippen LogP contribution in [0.5, 0.6) is 11.5 Å². The Morgan fingerprint density at radius 1 is 1.21 bits per heavy atom. The Bertz CT molecular complexity index is 950. The van der Waals surface area contributed by atoms with Crippen molar-refractivity contribution in [1.29, 1.82) is 0 Å². The normalized spacial score (nSPS) is 10.4. The van der Waals surface area contributed by atoms with Crippen LogP contribution in [0.15, 0.2) is 65.7 Å². The first-order valence-electron chi connectivity index (χ1n) is 8.67. The fourth-order valence-electron chi connectivity index (χ4n) is 2.54. The molecule has 7 heteroatoms. The van der Waals surface area contributed by atoms with Crippen LogP contribution in [0.2, 0.25) is 0 Å². The molecule has 0 bridgehead atoms. The third-order valence-electron chi connectivity index (χ3n) is 3.98. The third-order valence-corrected chi connectivity index (χ3v) is 3.98. The van der Waals surface area contributed by atoms with Crippen LogP contribution in [-0.2, 0) is 6.54 Å². The number of amides is 1. The molecule has 2 aromatic carbocycles. The number of carbonyl (C=O) groups excluding carboxylic acids is 1. The molecule has 7 nitrogen and oxygen atoms in total. The summed E-state index contributed by atoms with van der Waals surface area (Å²) in [7, 11) is 3.28. The molecule has 0 aliphatic carbocycles. The van der Waals surface area contributed by atoms with Gasteiger partial charge in [-0.3, -0.25) is 4.79 Å². The first kappa shape index (κ1) is 19.2. The molecule has 0 saturated heterocycles. The lowest BCUT2D eigenvalue weighted by molar-refractivity contribution is 0.0769. The van der Waals surface area contributed by atoms with Gasteiger partial charge in [0.2, 0.25) is 11.7 Å². The number of ether oxygens (including phenoxy) is 2. The van der Waals surface area contributed by atoms with Crippen LogP contribution in [0.1, 0.15) is 16.2 Å². The quantitative estimate of drug-likeness (QED) is 0.557. The van der Waals surface area contributed by atoms with E-state index in [1.165, 1.54) is 4.90 Å². The smallest absolute Gasteiger partial charge is 0.254 e. The summed E-state index contributed by atoms with van der Waals surface area (Å²) < 4.78 is 15.9. The molecular weight excluding hydrogens is 358 g/mol. The maximum absolute atomic E-state index is 12.6. The molecule has 0 N–H and O–H groups in total. The van der Waals surface area contributed by atoms with E-state index in [-0.39, 0.29) is 12.5 Å². The summed E-state index contributed by atoms with van der Waals surface area (Å²) in [5, 5.41) is 3.98. The van der Waals surface area contributed by atoms with E-state index in [4.69, 9.17) is 14.0 Å². The fraction of sp³-hybridized carbons (Fsp3) is 0.190. The van der Waals surface area contributed by atoms with Crippen molar-refractivity contribution >= 4 is 5.91 Å². The van der Waals surface area contributed by atoms with E-state index < -0.39 is 0 Å². The van der Waals surface area contributed by atoms with Crippen LogP contribution in [0, 0.1) is 0 Å². The SMILES string of the molecule is C=CCOc1ccc(C(=O)N(C)Cc2nc(-c3cccc(OC)c3)no2)cc1. The molecule has 0 atom stereocenters. The largest absolute Gasteiger partial charge is 0.497 e. The molecule has 3 aromatic rings. The van der Waals surface area contributed by atoms with Gasteiger partial charge >= 0.3 is 0 Å². The average molecular weight is 379 g/mol. The molecule has 1 heterocycles. The van der Waals surface area contributed by atoms with Crippen molar-refractivity contribution < 1.29 is 18.8 Å². The lowest BCUT2D eigenvalue weighted by Crippen LogP contribution is -2.26. The Morgan fingerprint density at radius 3 is 2.71 bits per heavy atom. The summed E-state index contributed by atoms with van der Waals surface area (Å²) >= 11 is 0. The number of hydrogen-bond donors (Lipinski definition) is 0. The van der Waals surface area contributed by atoms with Crippen molar-refractivity contribution in [3.8, 4) is 22.9 Å². The number of nitrogens with zero attached hydrogens (tertiary/aromatic N) is 3. The van der Waals surface area contributed by atoms with E-state index in [1.54, 1.807) is 44.5 Å². The van der Waals surface area contributed by atoms with E-state index in [0.29, 0.717) is 35.4 Å². The van der Waals surface area contributed by atoms with Gasteiger partial charge in [-0.1, -0.05) is 29.9 Å². The minimum atomic E-state index is -0.156. The van der Waals surface area contributed by atoms with Crippen molar-refractivity contribution in [1.82, 2.24) is 15.0 Å². The number of hydrogen-bond acceptors (Lipinski definition) is 6. The Hall–Kier alpha value is -3.61. The monoisotopic (exact) mass is 379 g/mol. The highest BCUT2D eigenvalue weighted by Crippen LogP contribution is 2.21. The summed E-state index contributed by atoms with van der Waals surface area (Å²) in [6.45, 7) is 4.22. The summed E-state index contributed by atoms with van der Waals surface area (Å²) in [4.78, 5) is 18.5. The molecule has 28 heavy (non-hydrogen) atoms. The van der Waals surface area contributed by atoms with E-state index >= 15 is 0 Å². The van der Waals surface area contributed by atoms with Crippen molar-refractivity contribution in [2.24, 2.45) is 0 Å². The van der Waals surface area contributed by atoms with Gasteiger partial charge in [0, 0.05) is 18.2 Å². The van der Waals surface area contributed by atoms with Crippen LogP contribution in [0.4, 0.5) is 0 Å². The first-order chi connectivity index (χ1) is 13.6. The number of methoxy groups -OCH3 is 1. The van der Waals surface area contributed by atoms with E-state index in [2.05, 4.69) is 16.7 Å². The van der Waals surface area contributed by atoms with Gasteiger partial charge in [-0.05, 0) is 36.4 Å². The maximum atomic E-state index is 12.6. The highest BCUT2D eigenvalue weighted by atomic mass is 16.5. The number of carbonyl (C=O) groups is 1. The van der Waals surface area contributed by atoms with Crippen molar-refractivity contribution in [2.45, 2.75) is 6.54 Å². The maximum Gasteiger partial charge on any atom is 0.254 e. The Balaban J connectivity index is 1.65. The second-order valence-corrected chi connectivity index (χ2v) is 6.03. The molecule has 0 saturated carbocycles. The predicted octanol–water partition coefficient (Wildman–Crippen LogP) is 3.58. The molecule has 144 valence electrons. The van der Waals surface area contributed by atoms with Gasteiger partial charge in [0.15, 0.2) is 0 Å². The van der Waals surface area contributed by atoms with E-state index in [0.717, 1.165) is 5.56 Å². The molecule has 0 aliphatic heterocycles. The highest BCUT2D eigenvalue weighted by Gasteiger charge is 2.16. The van der Waals surface area contributed by atoms with Gasteiger partial charge in [-0.25, -0.2) is 0 Å². The summed E-state index contributed by atoms with van der Waals surface area (Å²) in [5.41, 5.74) is 1.32. The Kier molecular flexibility index (Phi) is 6.06. The van der Waals surface area contributed by atoms with Crippen LogP contribution in [0.3, 0.4) is 0 Å². The number of aromatic nitrogens is 2. The molecule has 0 spiro atoms. The second kappa shape index (κ2) is 8.85. The highest BCUT2D eigenvalue weighted by molar-refractivity contribution is 5.94. The Morgan fingerprint density at radius 2 is 2.00 bits per heavy atom. The minimum Gasteiger partial charge on any atom is -0.497 e. The van der Waals surface area contributed by atoms with Crippen LogP contribution in [-0.4, -0.2) is 41.7 Å². The molecule has 0 unspecified atom stereocenters. The number of benzene rings is 2. The zero-order chi connectivity index (χ0) is 19.9. The topological polar surface area (TPSA) is 77.7 Å². The summed E-state index contributed by atoms with van der Waals surface area (Å²) in [5.74, 6) is 2.02. The van der Waals surface area contributed by atoms with Gasteiger partial charge in [0.1, 0.15) is 18.1 Å². The first-order valence-corrected chi connectivity index (χ1v) is 8.67. The standard InChI is InChI=1S/C21H21N3O4/c1-4-12-27-17-10-8-15(9-11-17)21(25)24(2)14-19-22-20(23-28-19)16-6-5-7-18(13-16)26-3/h4-11,13H,1,12,14H2,2-3H3. The van der Waals surface area contributed by atoms with E-state index in [1.807, 2.05) is 24.3 Å². The predicted molar refractivity (Wildman–Crippen MR) is 104 cm³/mol. The van der Waals surface area contributed by atoms with Crippen LogP contribution in [0.25, 0.3) is 11.4 Å². The molecular formula is C21H21N3O4. The summed E-state index contributed by atoms with van der Waals surface area (Å²) in [6, 6.07) is 14.3. The zero-order valence-electron chi connectivity index (χ0n) is 15.8. The van der Waals surface area contributed by atoms with Crippen molar-refractivity contribution in [3.05, 3.63) is 72.6 Å². The minimum absolute atomic E-state index is 0.156. The lowest BCUT2D eigenvalue weighted by atomic mass is 10.2. The van der Waals surface area contributed by atoms with Gasteiger partial charge < -0.3 is 18.9 Å². The molecule has 0 radical (unpaired) electrons. The molecule has 1 amide bonds. The average Bonchev–Trinajstić information content (AvgIpc) is 3.20. The fourth-order valence-corrected chi connectivity index (χ4v) is 2.54. The van der Waals surface area contributed by atoms with E-state index in [9.17, 15) is 4.79 Å². The molecule has 0 aliphatic rings. The van der Waals surface area contributed by atoms with Crippen molar-refractivity contribution in [3.63, 3.8) is 0 Å². The van der Waals surface area contributed by atoms with Gasteiger partial charge in [-0.15, -0.1) is 0 Å². The third kappa shape index (κ3) is 4.56. The van der Waals surface area contributed by atoms with Crippen LogP contribution >= 0.6 is 0 Å². The van der Waals surface area contributed by atoms with Gasteiger partial charge in [0.25, 0.3) is 5.91 Å². The molecule has 3 rings (SSSR count).